The van der Waals surface area contributed by atoms with E-state index in [-0.39, 0.29) is 30.7 Å². The molecule has 1 heterocycles. The fraction of sp³-hybridized carbons (Fsp3) is 0.379. The highest BCUT2D eigenvalue weighted by Gasteiger charge is 2.30. The molecule has 0 bridgehead atoms. The zero-order chi connectivity index (χ0) is 28.0. The van der Waals surface area contributed by atoms with Crippen molar-refractivity contribution in [1.82, 2.24) is 5.32 Å². The fourth-order valence-electron chi connectivity index (χ4n) is 3.99. The van der Waals surface area contributed by atoms with Crippen LogP contribution in [0.2, 0.25) is 0 Å². The minimum Gasteiger partial charge on any atom is -0.486 e. The fourth-order valence-corrected chi connectivity index (χ4v) is 3.99. The summed E-state index contributed by atoms with van der Waals surface area (Å²) < 4.78 is 51.5. The van der Waals surface area contributed by atoms with Gasteiger partial charge in [-0.15, -0.1) is 0 Å². The van der Waals surface area contributed by atoms with E-state index in [1.54, 1.807) is 24.3 Å². The Morgan fingerprint density at radius 3 is 2.16 bits per heavy atom. The van der Waals surface area contributed by atoms with E-state index in [0.29, 0.717) is 34.8 Å². The number of furan rings is 1. The molecule has 0 aliphatic rings. The molecule has 0 saturated heterocycles. The summed E-state index contributed by atoms with van der Waals surface area (Å²) in [5.41, 5.74) is 1.00. The van der Waals surface area contributed by atoms with Crippen molar-refractivity contribution in [1.29, 1.82) is 0 Å². The monoisotopic (exact) mass is 531 g/mol. The van der Waals surface area contributed by atoms with Crippen molar-refractivity contribution >= 4 is 11.9 Å². The molecule has 3 rings (SSSR count). The molecule has 6 nitrogen and oxygen atoms in total. The van der Waals surface area contributed by atoms with Gasteiger partial charge in [-0.05, 0) is 54.8 Å². The van der Waals surface area contributed by atoms with Gasteiger partial charge < -0.3 is 19.6 Å². The van der Waals surface area contributed by atoms with Crippen molar-refractivity contribution in [3.8, 4) is 17.1 Å². The lowest BCUT2D eigenvalue weighted by Gasteiger charge is -2.22. The van der Waals surface area contributed by atoms with Crippen molar-refractivity contribution in [3.05, 3.63) is 77.0 Å². The number of alkyl halides is 3. The number of amides is 1. The molecule has 0 fully saturated rings. The highest BCUT2D eigenvalue weighted by atomic mass is 19.4. The minimum absolute atomic E-state index is 0.00309. The molecule has 0 saturated carbocycles. The van der Waals surface area contributed by atoms with E-state index in [9.17, 15) is 22.8 Å². The van der Waals surface area contributed by atoms with Gasteiger partial charge >= 0.3 is 12.1 Å². The van der Waals surface area contributed by atoms with E-state index in [4.69, 9.17) is 14.3 Å². The number of carbonyl (C=O) groups is 2. The Bertz CT molecular complexity index is 1230. The van der Waals surface area contributed by atoms with E-state index in [0.717, 1.165) is 17.7 Å². The first-order chi connectivity index (χ1) is 17.8. The number of hydrogen-bond acceptors (Lipinski definition) is 4. The van der Waals surface area contributed by atoms with Crippen LogP contribution in [0.4, 0.5) is 13.2 Å². The summed E-state index contributed by atoms with van der Waals surface area (Å²) >= 11 is 0. The van der Waals surface area contributed by atoms with Gasteiger partial charge in [0.1, 0.15) is 23.4 Å². The first kappa shape index (κ1) is 28.8. The Hall–Kier alpha value is -3.75. The predicted molar refractivity (Wildman–Crippen MR) is 137 cm³/mol. The average Bonchev–Trinajstić information content (AvgIpc) is 3.29. The molecule has 2 aromatic carbocycles. The van der Waals surface area contributed by atoms with Crippen LogP contribution in [-0.2, 0) is 11.0 Å². The number of hydrogen-bond donors (Lipinski definition) is 2. The minimum atomic E-state index is -4.42. The highest BCUT2D eigenvalue weighted by molar-refractivity contribution is 5.94. The van der Waals surface area contributed by atoms with Gasteiger partial charge in [0, 0.05) is 29.2 Å². The molecule has 38 heavy (non-hydrogen) atoms. The topological polar surface area (TPSA) is 88.8 Å². The van der Waals surface area contributed by atoms with Gasteiger partial charge in [0.15, 0.2) is 0 Å². The second kappa shape index (κ2) is 12.2. The Balaban J connectivity index is 1.85. The molecule has 0 aliphatic carbocycles. The molecule has 2 N–H and O–H groups in total. The molecule has 1 amide bonds. The maximum Gasteiger partial charge on any atom is 0.416 e. The standard InChI is InChI=1S/C29H32F3NO5/c1-17(2)15-25(37-22-11-7-20(8-12-22)28(36)33-14-13-26(34)35)23-16-24(38-27(23)18(3)4)19-5-9-21(10-6-19)29(30,31)32/h5-12,16-18,25H,13-15H2,1-4H3,(H,33,36)(H,34,35). The number of carboxylic acids is 1. The van der Waals surface area contributed by atoms with Crippen LogP contribution in [0, 0.1) is 5.92 Å². The van der Waals surface area contributed by atoms with E-state index in [2.05, 4.69) is 19.2 Å². The molecule has 204 valence electrons. The highest BCUT2D eigenvalue weighted by Crippen LogP contribution is 2.39. The zero-order valence-corrected chi connectivity index (χ0v) is 21.8. The maximum atomic E-state index is 13.0. The van der Waals surface area contributed by atoms with Crippen molar-refractivity contribution in [3.63, 3.8) is 0 Å². The molecule has 3 aromatic rings. The van der Waals surface area contributed by atoms with Gasteiger partial charge in [0.25, 0.3) is 5.91 Å². The Labute approximate surface area is 219 Å². The van der Waals surface area contributed by atoms with Gasteiger partial charge in [-0.25, -0.2) is 0 Å². The van der Waals surface area contributed by atoms with E-state index in [1.807, 2.05) is 19.9 Å². The summed E-state index contributed by atoms with van der Waals surface area (Å²) in [5, 5.41) is 11.3. The molecule has 9 heteroatoms. The van der Waals surface area contributed by atoms with Crippen LogP contribution in [-0.4, -0.2) is 23.5 Å². The molecule has 0 aliphatic heterocycles. The predicted octanol–water partition coefficient (Wildman–Crippen LogP) is 7.46. The largest absolute Gasteiger partial charge is 0.486 e. The molecular weight excluding hydrogens is 499 g/mol. The number of carboxylic acid groups (broad SMARTS) is 1. The normalized spacial score (nSPS) is 12.6. The molecule has 1 atom stereocenters. The zero-order valence-electron chi connectivity index (χ0n) is 21.8. The van der Waals surface area contributed by atoms with Crippen LogP contribution < -0.4 is 10.1 Å². The van der Waals surface area contributed by atoms with Crippen LogP contribution in [0.5, 0.6) is 5.75 Å². The van der Waals surface area contributed by atoms with E-state index in [1.165, 1.54) is 12.1 Å². The summed E-state index contributed by atoms with van der Waals surface area (Å²) in [7, 11) is 0. The molecule has 0 spiro atoms. The summed E-state index contributed by atoms with van der Waals surface area (Å²) in [6.07, 6.45) is -4.32. The third-order valence-corrected chi connectivity index (χ3v) is 5.86. The van der Waals surface area contributed by atoms with Crippen LogP contribution in [0.25, 0.3) is 11.3 Å². The lowest BCUT2D eigenvalue weighted by molar-refractivity contribution is -0.138. The number of halogens is 3. The van der Waals surface area contributed by atoms with Gasteiger partial charge in [-0.2, -0.15) is 13.2 Å². The lowest BCUT2D eigenvalue weighted by atomic mass is 9.95. The van der Waals surface area contributed by atoms with Crippen LogP contribution >= 0.6 is 0 Å². The number of aliphatic carboxylic acids is 1. The van der Waals surface area contributed by atoms with E-state index < -0.39 is 23.8 Å². The molecular formula is C29H32F3NO5. The van der Waals surface area contributed by atoms with Gasteiger partial charge in [-0.3, -0.25) is 9.59 Å². The number of benzene rings is 2. The van der Waals surface area contributed by atoms with Crippen LogP contribution in [0.15, 0.2) is 59.0 Å². The van der Waals surface area contributed by atoms with Crippen molar-refractivity contribution in [2.45, 2.75) is 58.7 Å². The molecule has 0 radical (unpaired) electrons. The first-order valence-corrected chi connectivity index (χ1v) is 12.4. The average molecular weight is 532 g/mol. The quantitative estimate of drug-likeness (QED) is 0.268. The summed E-state index contributed by atoms with van der Waals surface area (Å²) in [4.78, 5) is 22.9. The third kappa shape index (κ3) is 7.63. The summed E-state index contributed by atoms with van der Waals surface area (Å²) in [6, 6.07) is 13.2. The van der Waals surface area contributed by atoms with Gasteiger partial charge in [-0.1, -0.05) is 39.8 Å². The number of rotatable bonds is 11. The second-order valence-corrected chi connectivity index (χ2v) is 9.82. The first-order valence-electron chi connectivity index (χ1n) is 12.4. The van der Waals surface area contributed by atoms with Gasteiger partial charge in [0.05, 0.1) is 12.0 Å². The smallest absolute Gasteiger partial charge is 0.416 e. The lowest BCUT2D eigenvalue weighted by Crippen LogP contribution is -2.25. The molecule has 1 aromatic heterocycles. The number of ether oxygens (including phenoxy) is 1. The van der Waals surface area contributed by atoms with Crippen molar-refractivity contribution in [2.75, 3.05) is 6.54 Å². The Kier molecular flexibility index (Phi) is 9.25. The Morgan fingerprint density at radius 2 is 1.63 bits per heavy atom. The maximum absolute atomic E-state index is 13.0. The van der Waals surface area contributed by atoms with Crippen LogP contribution in [0.1, 0.15) is 79.8 Å². The van der Waals surface area contributed by atoms with E-state index >= 15 is 0 Å². The van der Waals surface area contributed by atoms with Crippen molar-refractivity contribution in [2.24, 2.45) is 5.92 Å². The number of nitrogens with one attached hydrogen (secondary N) is 1. The number of carbonyl (C=O) groups excluding carboxylic acids is 1. The van der Waals surface area contributed by atoms with Crippen LogP contribution in [0.3, 0.4) is 0 Å². The summed E-state index contributed by atoms with van der Waals surface area (Å²) in [5.74, 6) is 0.585. The third-order valence-electron chi connectivity index (χ3n) is 5.86. The van der Waals surface area contributed by atoms with Gasteiger partial charge in [0.2, 0.25) is 0 Å². The SMILES string of the molecule is CC(C)CC(Oc1ccc(C(=O)NCCC(=O)O)cc1)c1cc(-c2ccc(C(F)(F)F)cc2)oc1C(C)C. The van der Waals surface area contributed by atoms with Crippen molar-refractivity contribution < 1.29 is 37.0 Å². The summed E-state index contributed by atoms with van der Waals surface area (Å²) in [6.45, 7) is 8.11. The Morgan fingerprint density at radius 1 is 1.00 bits per heavy atom. The molecule has 1 unspecified atom stereocenters. The second-order valence-electron chi connectivity index (χ2n) is 9.82.